The first-order valence-electron chi connectivity index (χ1n) is 3.82. The second-order valence-electron chi connectivity index (χ2n) is 3.03. The Morgan fingerprint density at radius 1 is 1.58 bits per heavy atom. The Balaban J connectivity index is 3.72. The van der Waals surface area contributed by atoms with E-state index in [1.807, 2.05) is 0 Å². The van der Waals surface area contributed by atoms with Gasteiger partial charge < -0.3 is 4.74 Å². The van der Waals surface area contributed by atoms with E-state index in [1.54, 1.807) is 6.92 Å². The summed E-state index contributed by atoms with van der Waals surface area (Å²) in [6.45, 7) is 2.43. The maximum Gasteiger partial charge on any atom is 0.308 e. The van der Waals surface area contributed by atoms with Crippen LogP contribution in [-0.2, 0) is 9.53 Å². The lowest BCUT2D eigenvalue weighted by Gasteiger charge is -2.12. The predicted molar refractivity (Wildman–Crippen MR) is 41.0 cm³/mol. The van der Waals surface area contributed by atoms with Crippen molar-refractivity contribution in [3.05, 3.63) is 0 Å². The first-order valence-corrected chi connectivity index (χ1v) is 3.82. The van der Waals surface area contributed by atoms with Crippen LogP contribution in [0.15, 0.2) is 0 Å². The molecule has 0 heterocycles. The summed E-state index contributed by atoms with van der Waals surface area (Å²) in [5.74, 6) is -3.57. The van der Waals surface area contributed by atoms with E-state index in [2.05, 4.69) is 4.74 Å². The molecule has 0 rings (SSSR count). The number of ether oxygens (including phenoxy) is 1. The molecule has 0 aromatic rings. The van der Waals surface area contributed by atoms with Gasteiger partial charge in [0.05, 0.1) is 13.0 Å². The van der Waals surface area contributed by atoms with Crippen LogP contribution in [-0.4, -0.2) is 19.0 Å². The minimum absolute atomic E-state index is 0.163. The molecular formula is C8H14F2O2. The molecule has 0 saturated carbocycles. The molecule has 0 aromatic heterocycles. The van der Waals surface area contributed by atoms with E-state index >= 15 is 0 Å². The van der Waals surface area contributed by atoms with Crippen LogP contribution in [0.5, 0.6) is 0 Å². The fourth-order valence-electron chi connectivity index (χ4n) is 0.789. The highest BCUT2D eigenvalue weighted by molar-refractivity contribution is 5.71. The molecule has 0 fully saturated rings. The normalized spacial score (nSPS) is 14.1. The van der Waals surface area contributed by atoms with Crippen molar-refractivity contribution in [1.82, 2.24) is 0 Å². The summed E-state index contributed by atoms with van der Waals surface area (Å²) >= 11 is 0. The van der Waals surface area contributed by atoms with Crippen LogP contribution in [0.3, 0.4) is 0 Å². The van der Waals surface area contributed by atoms with Crippen LogP contribution in [0.1, 0.15) is 26.7 Å². The Labute approximate surface area is 70.9 Å². The number of hydrogen-bond acceptors (Lipinski definition) is 2. The van der Waals surface area contributed by atoms with Crippen molar-refractivity contribution in [2.75, 3.05) is 7.11 Å². The monoisotopic (exact) mass is 180 g/mol. The van der Waals surface area contributed by atoms with Gasteiger partial charge in [0.15, 0.2) is 0 Å². The molecule has 72 valence electrons. The number of carbonyl (C=O) groups excluding carboxylic acids is 1. The highest BCUT2D eigenvalue weighted by Gasteiger charge is 2.24. The molecule has 0 spiro atoms. The van der Waals surface area contributed by atoms with Crippen LogP contribution in [0.25, 0.3) is 0 Å². The molecule has 0 aliphatic heterocycles. The Kier molecular flexibility index (Phi) is 4.13. The number of methoxy groups -OCH3 is 1. The van der Waals surface area contributed by atoms with Crippen LogP contribution < -0.4 is 0 Å². The second kappa shape index (κ2) is 4.38. The maximum atomic E-state index is 12.3. The van der Waals surface area contributed by atoms with Crippen molar-refractivity contribution in [2.45, 2.75) is 32.6 Å². The lowest BCUT2D eigenvalue weighted by molar-refractivity contribution is -0.145. The summed E-state index contributed by atoms with van der Waals surface area (Å²) in [5.41, 5.74) is 0. The van der Waals surface area contributed by atoms with Gasteiger partial charge in [0.1, 0.15) is 0 Å². The van der Waals surface area contributed by atoms with Crippen molar-refractivity contribution in [1.29, 1.82) is 0 Å². The zero-order valence-electron chi connectivity index (χ0n) is 7.56. The Hall–Kier alpha value is -0.670. The largest absolute Gasteiger partial charge is 0.469 e. The van der Waals surface area contributed by atoms with Crippen molar-refractivity contribution >= 4 is 5.97 Å². The van der Waals surface area contributed by atoms with Gasteiger partial charge in [-0.25, -0.2) is 8.78 Å². The van der Waals surface area contributed by atoms with Crippen LogP contribution in [0.4, 0.5) is 8.78 Å². The maximum absolute atomic E-state index is 12.3. The molecule has 0 bridgehead atoms. The van der Waals surface area contributed by atoms with E-state index in [4.69, 9.17) is 0 Å². The van der Waals surface area contributed by atoms with Crippen LogP contribution >= 0.6 is 0 Å². The third-order valence-corrected chi connectivity index (χ3v) is 1.62. The third-order valence-electron chi connectivity index (χ3n) is 1.62. The lowest BCUT2D eigenvalue weighted by Crippen LogP contribution is -2.17. The Morgan fingerprint density at radius 3 is 2.42 bits per heavy atom. The average Bonchev–Trinajstić information content (AvgIpc) is 1.97. The third kappa shape index (κ3) is 5.04. The summed E-state index contributed by atoms with van der Waals surface area (Å²) in [7, 11) is 1.25. The number of hydrogen-bond donors (Lipinski definition) is 0. The van der Waals surface area contributed by atoms with Gasteiger partial charge in [-0.15, -0.1) is 0 Å². The van der Waals surface area contributed by atoms with Crippen molar-refractivity contribution in [3.63, 3.8) is 0 Å². The van der Waals surface area contributed by atoms with E-state index in [-0.39, 0.29) is 12.8 Å². The highest BCUT2D eigenvalue weighted by Crippen LogP contribution is 2.22. The van der Waals surface area contributed by atoms with Gasteiger partial charge in [-0.1, -0.05) is 6.92 Å². The van der Waals surface area contributed by atoms with Crippen molar-refractivity contribution < 1.29 is 18.3 Å². The molecule has 0 unspecified atom stereocenters. The zero-order chi connectivity index (χ0) is 9.78. The average molecular weight is 180 g/mol. The first kappa shape index (κ1) is 11.3. The van der Waals surface area contributed by atoms with Crippen molar-refractivity contribution in [2.24, 2.45) is 5.92 Å². The number of alkyl halides is 2. The van der Waals surface area contributed by atoms with Gasteiger partial charge in [-0.05, 0) is 13.3 Å². The molecule has 4 heteroatoms. The SMILES string of the molecule is COC(=O)[C@H](C)CCC(C)(F)F. The van der Waals surface area contributed by atoms with E-state index < -0.39 is 17.8 Å². The highest BCUT2D eigenvalue weighted by atomic mass is 19.3. The summed E-state index contributed by atoms with van der Waals surface area (Å²) in [4.78, 5) is 10.8. The fraction of sp³-hybridized carbons (Fsp3) is 0.875. The van der Waals surface area contributed by atoms with Gasteiger partial charge in [0.25, 0.3) is 0 Å². The predicted octanol–water partition coefficient (Wildman–Crippen LogP) is 2.23. The molecule has 0 radical (unpaired) electrons. The number of carbonyl (C=O) groups is 1. The number of esters is 1. The quantitative estimate of drug-likeness (QED) is 0.620. The van der Waals surface area contributed by atoms with Crippen molar-refractivity contribution in [3.8, 4) is 0 Å². The molecule has 0 saturated heterocycles. The van der Waals surface area contributed by atoms with E-state index in [0.29, 0.717) is 0 Å². The molecule has 1 atom stereocenters. The second-order valence-corrected chi connectivity index (χ2v) is 3.03. The number of rotatable bonds is 4. The van der Waals surface area contributed by atoms with Crippen LogP contribution in [0, 0.1) is 5.92 Å². The Morgan fingerprint density at radius 2 is 2.08 bits per heavy atom. The van der Waals surface area contributed by atoms with Gasteiger partial charge in [0.2, 0.25) is 5.92 Å². The summed E-state index contributed by atoms with van der Waals surface area (Å²) in [5, 5.41) is 0. The molecule has 0 aliphatic rings. The van der Waals surface area contributed by atoms with Gasteiger partial charge >= 0.3 is 5.97 Å². The van der Waals surface area contributed by atoms with E-state index in [1.165, 1.54) is 7.11 Å². The number of halogens is 2. The fourth-order valence-corrected chi connectivity index (χ4v) is 0.789. The minimum Gasteiger partial charge on any atom is -0.469 e. The van der Waals surface area contributed by atoms with E-state index in [0.717, 1.165) is 6.92 Å². The smallest absolute Gasteiger partial charge is 0.308 e. The molecular weight excluding hydrogens is 166 g/mol. The minimum atomic E-state index is -2.69. The molecule has 0 aliphatic carbocycles. The van der Waals surface area contributed by atoms with Gasteiger partial charge in [-0.2, -0.15) is 0 Å². The molecule has 0 N–H and O–H groups in total. The summed E-state index contributed by atoms with van der Waals surface area (Å²) in [6.07, 6.45) is -0.112. The van der Waals surface area contributed by atoms with E-state index in [9.17, 15) is 13.6 Å². The molecule has 0 aromatic carbocycles. The van der Waals surface area contributed by atoms with Gasteiger partial charge in [-0.3, -0.25) is 4.79 Å². The standard InChI is InChI=1S/C8H14F2O2/c1-6(7(11)12-3)4-5-8(2,9)10/h6H,4-5H2,1-3H3/t6-/m1/s1. The first-order chi connectivity index (χ1) is 5.37. The van der Waals surface area contributed by atoms with Crippen LogP contribution in [0.2, 0.25) is 0 Å². The van der Waals surface area contributed by atoms with Gasteiger partial charge in [0, 0.05) is 6.42 Å². The summed E-state index contributed by atoms with van der Waals surface area (Å²) < 4.78 is 29.0. The molecule has 0 amide bonds. The zero-order valence-corrected chi connectivity index (χ0v) is 7.56. The lowest BCUT2D eigenvalue weighted by atomic mass is 10.0. The Bertz CT molecular complexity index is 152. The molecule has 2 nitrogen and oxygen atoms in total. The topological polar surface area (TPSA) is 26.3 Å². The molecule has 12 heavy (non-hydrogen) atoms. The summed E-state index contributed by atoms with van der Waals surface area (Å²) in [6, 6.07) is 0.